The second kappa shape index (κ2) is 9.53. The van der Waals surface area contributed by atoms with E-state index in [9.17, 15) is 17.2 Å². The second-order valence-electron chi connectivity index (χ2n) is 9.81. The van der Waals surface area contributed by atoms with Crippen LogP contribution in [0.25, 0.3) is 11.3 Å². The van der Waals surface area contributed by atoms with Crippen LogP contribution in [0, 0.1) is 22.9 Å². The molecule has 7 nitrogen and oxygen atoms in total. The van der Waals surface area contributed by atoms with E-state index < -0.39 is 32.4 Å². The normalized spacial score (nSPS) is 18.1. The molecular weight excluding hydrogens is 493 g/mol. The Morgan fingerprint density at radius 2 is 1.92 bits per heavy atom. The van der Waals surface area contributed by atoms with Crippen LogP contribution < -0.4 is 10.0 Å². The molecule has 11 heteroatoms. The number of sulfonamides is 1. The zero-order chi connectivity index (χ0) is 25.5. The zero-order valence-corrected chi connectivity index (χ0v) is 20.5. The Kier molecular flexibility index (Phi) is 6.56. The predicted molar refractivity (Wildman–Crippen MR) is 129 cm³/mol. The summed E-state index contributed by atoms with van der Waals surface area (Å²) in [5, 5.41) is 8.04. The van der Waals surface area contributed by atoms with Crippen LogP contribution in [0.2, 0.25) is 0 Å². The first-order valence-electron chi connectivity index (χ1n) is 11.8. The molecule has 0 atom stereocenters. The highest BCUT2D eigenvalue weighted by molar-refractivity contribution is 7.92. The lowest BCUT2D eigenvalue weighted by atomic mass is 9.88. The van der Waals surface area contributed by atoms with E-state index in [0.717, 1.165) is 37.6 Å². The minimum atomic E-state index is -4.59. The lowest BCUT2D eigenvalue weighted by molar-refractivity contribution is -0.111. The minimum Gasteiger partial charge on any atom is -0.380 e. The van der Waals surface area contributed by atoms with Crippen molar-refractivity contribution in [2.75, 3.05) is 31.0 Å². The first-order valence-corrected chi connectivity index (χ1v) is 13.3. The number of halogens is 3. The number of hydrogen-bond acceptors (Lipinski definition) is 5. The first kappa shape index (κ1) is 24.8. The summed E-state index contributed by atoms with van der Waals surface area (Å²) < 4.78 is 78.3. The molecule has 0 radical (unpaired) electrons. The van der Waals surface area contributed by atoms with Gasteiger partial charge in [0.1, 0.15) is 16.5 Å². The summed E-state index contributed by atoms with van der Waals surface area (Å²) in [6.45, 7) is 5.62. The average molecular weight is 521 g/mol. The molecule has 2 aliphatic heterocycles. The summed E-state index contributed by atoms with van der Waals surface area (Å²) >= 11 is 0. The summed E-state index contributed by atoms with van der Waals surface area (Å²) in [6.07, 6.45) is 3.69. The number of aromatic nitrogens is 2. The molecule has 3 aromatic rings. The van der Waals surface area contributed by atoms with Crippen molar-refractivity contribution in [3.8, 4) is 11.3 Å². The number of benzene rings is 2. The summed E-state index contributed by atoms with van der Waals surface area (Å²) in [4.78, 5) is -0.900. The Morgan fingerprint density at radius 1 is 1.17 bits per heavy atom. The maximum atomic E-state index is 15.8. The molecule has 0 aliphatic carbocycles. The number of rotatable bonds is 7. The summed E-state index contributed by atoms with van der Waals surface area (Å²) in [5.74, 6) is -2.73. The third-order valence-corrected chi connectivity index (χ3v) is 8.08. The van der Waals surface area contributed by atoms with Crippen LogP contribution in [-0.4, -0.2) is 44.5 Å². The van der Waals surface area contributed by atoms with Gasteiger partial charge in [-0.2, -0.15) is 5.10 Å². The molecule has 5 rings (SSSR count). The molecular formula is C25H27F3N4O3S. The van der Waals surface area contributed by atoms with Crippen molar-refractivity contribution in [1.82, 2.24) is 15.1 Å². The monoisotopic (exact) mass is 520 g/mol. The van der Waals surface area contributed by atoms with Crippen molar-refractivity contribution >= 4 is 15.7 Å². The van der Waals surface area contributed by atoms with E-state index in [4.69, 9.17) is 9.84 Å². The van der Waals surface area contributed by atoms with Gasteiger partial charge in [-0.25, -0.2) is 21.6 Å². The second-order valence-corrected chi connectivity index (χ2v) is 11.5. The fourth-order valence-electron chi connectivity index (χ4n) is 4.77. The third kappa shape index (κ3) is 4.87. The van der Waals surface area contributed by atoms with E-state index in [-0.39, 0.29) is 22.6 Å². The molecule has 2 saturated heterocycles. The number of nitrogens with zero attached hydrogens (tertiary/aromatic N) is 2. The standard InChI is InChI=1S/C25H27F3N4O3S/c1-25(14-35-15-25)13-32-12-19(16-7-9-29-10-8-16)24(30-32)18-3-2-4-21(23(18)28)31-36(33,34)22-11-17(26)5-6-20(22)27/h2-6,11-12,16,29,31H,7-10,13-15H2,1H3. The molecule has 0 unspecified atom stereocenters. The van der Waals surface area contributed by atoms with E-state index in [0.29, 0.717) is 37.6 Å². The molecule has 2 aliphatic rings. The van der Waals surface area contributed by atoms with Crippen molar-refractivity contribution in [2.45, 2.75) is 37.1 Å². The number of ether oxygens (including phenoxy) is 1. The van der Waals surface area contributed by atoms with Crippen LogP contribution >= 0.6 is 0 Å². The van der Waals surface area contributed by atoms with Gasteiger partial charge in [-0.3, -0.25) is 9.40 Å². The molecule has 2 fully saturated rings. The summed E-state index contributed by atoms with van der Waals surface area (Å²) in [6, 6.07) is 6.36. The predicted octanol–water partition coefficient (Wildman–Crippen LogP) is 4.27. The Morgan fingerprint density at radius 3 is 2.61 bits per heavy atom. The molecule has 2 aromatic carbocycles. The quantitative estimate of drug-likeness (QED) is 0.486. The van der Waals surface area contributed by atoms with Crippen molar-refractivity contribution in [3.63, 3.8) is 0 Å². The van der Waals surface area contributed by atoms with Crippen molar-refractivity contribution in [1.29, 1.82) is 0 Å². The minimum absolute atomic E-state index is 0.0558. The van der Waals surface area contributed by atoms with Crippen LogP contribution in [0.3, 0.4) is 0 Å². The van der Waals surface area contributed by atoms with Gasteiger partial charge in [-0.05, 0) is 62.2 Å². The van der Waals surface area contributed by atoms with Gasteiger partial charge in [0, 0.05) is 22.7 Å². The van der Waals surface area contributed by atoms with E-state index in [1.807, 2.05) is 10.9 Å². The van der Waals surface area contributed by atoms with E-state index in [1.54, 1.807) is 6.07 Å². The molecule has 192 valence electrons. The molecule has 0 saturated carbocycles. The molecule has 0 amide bonds. The fourth-order valence-corrected chi connectivity index (χ4v) is 5.92. The molecule has 0 spiro atoms. The maximum absolute atomic E-state index is 15.8. The zero-order valence-electron chi connectivity index (χ0n) is 19.7. The van der Waals surface area contributed by atoms with Crippen molar-refractivity contribution in [3.05, 3.63) is 65.6 Å². The maximum Gasteiger partial charge on any atom is 0.265 e. The van der Waals surface area contributed by atoms with Crippen LogP contribution in [0.15, 0.2) is 47.5 Å². The van der Waals surface area contributed by atoms with Gasteiger partial charge in [-0.15, -0.1) is 0 Å². The summed E-state index contributed by atoms with van der Waals surface area (Å²) in [5.41, 5.74) is 1.05. The van der Waals surface area contributed by atoms with Crippen LogP contribution in [0.4, 0.5) is 18.9 Å². The van der Waals surface area contributed by atoms with Crippen LogP contribution in [-0.2, 0) is 21.3 Å². The number of nitrogens with one attached hydrogen (secondary N) is 2. The highest BCUT2D eigenvalue weighted by atomic mass is 32.2. The van der Waals surface area contributed by atoms with E-state index in [2.05, 4.69) is 17.0 Å². The number of piperidine rings is 1. The Hall–Kier alpha value is -2.89. The molecule has 2 N–H and O–H groups in total. The van der Waals surface area contributed by atoms with Crippen molar-refractivity contribution in [2.24, 2.45) is 5.41 Å². The highest BCUT2D eigenvalue weighted by Crippen LogP contribution is 2.38. The lowest BCUT2D eigenvalue weighted by Gasteiger charge is -2.37. The summed E-state index contributed by atoms with van der Waals surface area (Å²) in [7, 11) is -4.59. The van der Waals surface area contributed by atoms with E-state index in [1.165, 1.54) is 12.1 Å². The number of hydrogen-bond donors (Lipinski definition) is 2. The SMILES string of the molecule is CC1(Cn2cc(C3CCNCC3)c(-c3cccc(NS(=O)(=O)c4cc(F)ccc4F)c3F)n2)COC1. The van der Waals surface area contributed by atoms with Gasteiger partial charge in [0.05, 0.1) is 31.1 Å². The molecule has 36 heavy (non-hydrogen) atoms. The van der Waals surface area contributed by atoms with E-state index >= 15 is 4.39 Å². The highest BCUT2D eigenvalue weighted by Gasteiger charge is 2.35. The topological polar surface area (TPSA) is 85.3 Å². The Labute approximate surface area is 207 Å². The molecule has 0 bridgehead atoms. The first-order chi connectivity index (χ1) is 17.2. The van der Waals surface area contributed by atoms with Crippen molar-refractivity contribution < 1.29 is 26.3 Å². The Balaban J connectivity index is 1.52. The molecule has 1 aromatic heterocycles. The smallest absolute Gasteiger partial charge is 0.265 e. The lowest BCUT2D eigenvalue weighted by Crippen LogP contribution is -2.43. The third-order valence-electron chi connectivity index (χ3n) is 6.69. The van der Waals surface area contributed by atoms with Gasteiger partial charge < -0.3 is 10.1 Å². The van der Waals surface area contributed by atoms with Gasteiger partial charge in [0.25, 0.3) is 10.0 Å². The largest absolute Gasteiger partial charge is 0.380 e. The fraction of sp³-hybridized carbons (Fsp3) is 0.400. The number of anilines is 1. The molecule has 3 heterocycles. The van der Waals surface area contributed by atoms with Crippen LogP contribution in [0.1, 0.15) is 31.2 Å². The van der Waals surface area contributed by atoms with Gasteiger partial charge in [0.15, 0.2) is 5.82 Å². The Bertz CT molecular complexity index is 1380. The van der Waals surface area contributed by atoms with Crippen LogP contribution in [0.5, 0.6) is 0 Å². The average Bonchev–Trinajstić information content (AvgIpc) is 3.24. The van der Waals surface area contributed by atoms with Gasteiger partial charge >= 0.3 is 0 Å². The van der Waals surface area contributed by atoms with Gasteiger partial charge in [-0.1, -0.05) is 13.0 Å². The van der Waals surface area contributed by atoms with Gasteiger partial charge in [0.2, 0.25) is 0 Å².